The van der Waals surface area contributed by atoms with Gasteiger partial charge >= 0.3 is 0 Å². The number of carbonyl (C=O) groups is 1. The van der Waals surface area contributed by atoms with Gasteiger partial charge in [-0.1, -0.05) is 0 Å². The van der Waals surface area contributed by atoms with E-state index in [0.29, 0.717) is 12.1 Å². The molecule has 1 aliphatic carbocycles. The molecule has 2 aromatic rings. The predicted octanol–water partition coefficient (Wildman–Crippen LogP) is 2.81. The van der Waals surface area contributed by atoms with Crippen LogP contribution in [-0.2, 0) is 4.74 Å². The van der Waals surface area contributed by atoms with E-state index in [9.17, 15) is 4.79 Å². The maximum absolute atomic E-state index is 12.2. The van der Waals surface area contributed by atoms with Gasteiger partial charge in [-0.15, -0.1) is 11.3 Å². The minimum Gasteiger partial charge on any atom is -0.381 e. The summed E-state index contributed by atoms with van der Waals surface area (Å²) in [6.07, 6.45) is 3.35. The number of nitrogens with zero attached hydrogens (tertiary/aromatic N) is 2. The van der Waals surface area contributed by atoms with E-state index in [0.717, 1.165) is 35.3 Å². The summed E-state index contributed by atoms with van der Waals surface area (Å²) in [4.78, 5) is 21.9. The van der Waals surface area contributed by atoms with Crippen molar-refractivity contribution in [2.45, 2.75) is 51.3 Å². The minimum atomic E-state index is -0.237. The molecule has 2 atom stereocenters. The summed E-state index contributed by atoms with van der Waals surface area (Å²) in [7, 11) is 1.75. The van der Waals surface area contributed by atoms with Crippen LogP contribution in [0.4, 0.5) is 5.82 Å². The Morgan fingerprint density at radius 1 is 1.39 bits per heavy atom. The van der Waals surface area contributed by atoms with Crippen LogP contribution in [0, 0.1) is 0 Å². The van der Waals surface area contributed by atoms with Crippen LogP contribution < -0.4 is 10.6 Å². The van der Waals surface area contributed by atoms with Crippen LogP contribution in [0.25, 0.3) is 10.2 Å². The van der Waals surface area contributed by atoms with Crippen molar-refractivity contribution in [3.8, 4) is 0 Å². The first-order valence-corrected chi connectivity index (χ1v) is 8.80. The highest BCUT2D eigenvalue weighted by molar-refractivity contribution is 7.16. The molecule has 1 amide bonds. The Kier molecular flexibility index (Phi) is 4.77. The second-order valence-corrected chi connectivity index (χ2v) is 7.07. The fraction of sp³-hybridized carbons (Fsp3) is 0.562. The molecular weight excluding hydrogens is 312 g/mol. The molecule has 2 N–H and O–H groups in total. The Morgan fingerprint density at radius 3 is 2.91 bits per heavy atom. The molecule has 1 aliphatic rings. The molecule has 2 heterocycles. The molecule has 7 heteroatoms. The van der Waals surface area contributed by atoms with E-state index in [1.807, 2.05) is 25.3 Å². The van der Waals surface area contributed by atoms with E-state index in [-0.39, 0.29) is 17.8 Å². The summed E-state index contributed by atoms with van der Waals surface area (Å²) >= 11 is 1.52. The zero-order chi connectivity index (χ0) is 16.4. The van der Waals surface area contributed by atoms with Crippen LogP contribution in [-0.4, -0.2) is 41.2 Å². The number of hydrogen-bond acceptors (Lipinski definition) is 6. The first-order chi connectivity index (χ1) is 11.1. The van der Waals surface area contributed by atoms with Crippen molar-refractivity contribution in [3.63, 3.8) is 0 Å². The fourth-order valence-corrected chi connectivity index (χ4v) is 3.64. The summed E-state index contributed by atoms with van der Waals surface area (Å²) < 4.78 is 5.42. The van der Waals surface area contributed by atoms with Gasteiger partial charge in [0.2, 0.25) is 5.82 Å². The van der Waals surface area contributed by atoms with Gasteiger partial charge in [0.15, 0.2) is 0 Å². The van der Waals surface area contributed by atoms with Crippen molar-refractivity contribution in [1.82, 2.24) is 15.3 Å². The largest absolute Gasteiger partial charge is 0.381 e. The second kappa shape index (κ2) is 6.80. The molecule has 0 unspecified atom stereocenters. The Hall–Kier alpha value is -1.73. The van der Waals surface area contributed by atoms with Gasteiger partial charge in [-0.05, 0) is 44.6 Å². The molecule has 0 radical (unpaired) electrons. The van der Waals surface area contributed by atoms with E-state index < -0.39 is 0 Å². The highest BCUT2D eigenvalue weighted by atomic mass is 32.1. The Balaban J connectivity index is 1.86. The number of nitrogens with one attached hydrogen (secondary N) is 2. The number of carbonyl (C=O) groups excluding carboxylic acids is 1. The molecule has 1 saturated carbocycles. The van der Waals surface area contributed by atoms with Gasteiger partial charge in [0.1, 0.15) is 10.6 Å². The zero-order valence-corrected chi connectivity index (χ0v) is 14.4. The second-order valence-electron chi connectivity index (χ2n) is 6.18. The first-order valence-electron chi connectivity index (χ1n) is 7.92. The van der Waals surface area contributed by atoms with Gasteiger partial charge in [-0.2, -0.15) is 0 Å². The Labute approximate surface area is 139 Å². The molecule has 3 rings (SSSR count). The molecular formula is C16H22N4O2S. The summed E-state index contributed by atoms with van der Waals surface area (Å²) in [5.41, 5.74) is 0. The van der Waals surface area contributed by atoms with Gasteiger partial charge in [0.25, 0.3) is 5.91 Å². The van der Waals surface area contributed by atoms with Crippen LogP contribution in [0.15, 0.2) is 11.4 Å². The molecule has 0 aromatic carbocycles. The van der Waals surface area contributed by atoms with Gasteiger partial charge in [0, 0.05) is 19.2 Å². The van der Waals surface area contributed by atoms with Gasteiger partial charge < -0.3 is 15.4 Å². The molecule has 0 bridgehead atoms. The molecule has 124 valence electrons. The van der Waals surface area contributed by atoms with Crippen LogP contribution in [0.1, 0.15) is 43.7 Å². The molecule has 0 aliphatic heterocycles. The van der Waals surface area contributed by atoms with E-state index in [1.165, 1.54) is 11.3 Å². The number of rotatable bonds is 5. The molecule has 23 heavy (non-hydrogen) atoms. The SMILES string of the molecule is CO[C@H]1CC[C@@H](Nc2nc(C(=O)NC(C)C)nc3sccc23)C1. The van der Waals surface area contributed by atoms with Crippen LogP contribution in [0.3, 0.4) is 0 Å². The van der Waals surface area contributed by atoms with Crippen molar-refractivity contribution in [2.75, 3.05) is 12.4 Å². The Bertz CT molecular complexity index is 700. The Morgan fingerprint density at radius 2 is 2.22 bits per heavy atom. The average molecular weight is 334 g/mol. The zero-order valence-electron chi connectivity index (χ0n) is 13.6. The quantitative estimate of drug-likeness (QED) is 0.879. The number of methoxy groups -OCH3 is 1. The van der Waals surface area contributed by atoms with Gasteiger partial charge in [0.05, 0.1) is 11.5 Å². The molecule has 0 spiro atoms. The van der Waals surface area contributed by atoms with Crippen molar-refractivity contribution < 1.29 is 9.53 Å². The van der Waals surface area contributed by atoms with Gasteiger partial charge in [-0.3, -0.25) is 4.79 Å². The lowest BCUT2D eigenvalue weighted by molar-refractivity contribution is 0.0933. The number of ether oxygens (including phenoxy) is 1. The first kappa shape index (κ1) is 16.1. The number of fused-ring (bicyclic) bond motifs is 1. The average Bonchev–Trinajstić information content (AvgIpc) is 3.14. The number of aromatic nitrogens is 2. The molecule has 1 fully saturated rings. The maximum atomic E-state index is 12.2. The third kappa shape index (κ3) is 3.61. The van der Waals surface area contributed by atoms with E-state index in [1.54, 1.807) is 7.11 Å². The van der Waals surface area contributed by atoms with Crippen LogP contribution in [0.5, 0.6) is 0 Å². The summed E-state index contributed by atoms with van der Waals surface area (Å²) in [5.74, 6) is 0.726. The summed E-state index contributed by atoms with van der Waals surface area (Å²) in [6, 6.07) is 2.37. The highest BCUT2D eigenvalue weighted by Gasteiger charge is 2.26. The minimum absolute atomic E-state index is 0.0545. The number of amides is 1. The van der Waals surface area contributed by atoms with E-state index >= 15 is 0 Å². The number of hydrogen-bond donors (Lipinski definition) is 2. The lowest BCUT2D eigenvalue weighted by Crippen LogP contribution is -2.31. The van der Waals surface area contributed by atoms with Crippen LogP contribution in [0.2, 0.25) is 0 Å². The van der Waals surface area contributed by atoms with Crippen molar-refractivity contribution in [1.29, 1.82) is 0 Å². The monoisotopic (exact) mass is 334 g/mol. The van der Waals surface area contributed by atoms with E-state index in [4.69, 9.17) is 4.74 Å². The lowest BCUT2D eigenvalue weighted by atomic mass is 10.2. The highest BCUT2D eigenvalue weighted by Crippen LogP contribution is 2.29. The fourth-order valence-electron chi connectivity index (χ4n) is 2.87. The molecule has 6 nitrogen and oxygen atoms in total. The maximum Gasteiger partial charge on any atom is 0.289 e. The van der Waals surface area contributed by atoms with Crippen LogP contribution >= 0.6 is 11.3 Å². The normalized spacial score (nSPS) is 21.0. The summed E-state index contributed by atoms with van der Waals surface area (Å²) in [5, 5.41) is 9.27. The lowest BCUT2D eigenvalue weighted by Gasteiger charge is -2.15. The topological polar surface area (TPSA) is 76.1 Å². The standard InChI is InChI=1S/C16H22N4O2S/c1-9(2)17-15(21)14-19-13(12-6-7-23-16(12)20-14)18-10-4-5-11(8-10)22-3/h6-7,9-11H,4-5,8H2,1-3H3,(H,17,21)(H,18,19,20)/t10-,11+/m1/s1. The van der Waals surface area contributed by atoms with Gasteiger partial charge in [-0.25, -0.2) is 9.97 Å². The molecule has 2 aromatic heterocycles. The molecule has 0 saturated heterocycles. The van der Waals surface area contributed by atoms with Crippen molar-refractivity contribution in [2.24, 2.45) is 0 Å². The smallest absolute Gasteiger partial charge is 0.289 e. The number of thiophene rings is 1. The van der Waals surface area contributed by atoms with E-state index in [2.05, 4.69) is 20.6 Å². The predicted molar refractivity (Wildman–Crippen MR) is 92.1 cm³/mol. The summed E-state index contributed by atoms with van der Waals surface area (Å²) in [6.45, 7) is 3.84. The van der Waals surface area contributed by atoms with Crippen molar-refractivity contribution in [3.05, 3.63) is 17.3 Å². The third-order valence-corrected chi connectivity index (χ3v) is 4.81. The van der Waals surface area contributed by atoms with Crippen molar-refractivity contribution >= 4 is 33.3 Å². The number of anilines is 1. The third-order valence-electron chi connectivity index (χ3n) is 4.01.